The molecular weight excluding hydrogens is 837 g/mol. The largest absolute Gasteiger partial charge is 0.481 e. The molecule has 0 spiro atoms. The van der Waals surface area contributed by atoms with E-state index in [1.165, 1.54) is 0 Å². The first kappa shape index (κ1) is 47.7. The van der Waals surface area contributed by atoms with Crippen molar-refractivity contribution in [2.24, 2.45) is 17.8 Å². The maximum atomic E-state index is 12.8. The third-order valence-corrected chi connectivity index (χ3v) is 10.6. The highest BCUT2D eigenvalue weighted by Crippen LogP contribution is 2.30. The van der Waals surface area contributed by atoms with Crippen molar-refractivity contribution < 1.29 is 62.8 Å². The van der Waals surface area contributed by atoms with Crippen molar-refractivity contribution in [2.75, 3.05) is 63.7 Å². The van der Waals surface area contributed by atoms with Crippen molar-refractivity contribution >= 4 is 70.0 Å². The second-order valence-corrected chi connectivity index (χ2v) is 14.7. The van der Waals surface area contributed by atoms with Gasteiger partial charge < -0.3 is 45.7 Å². The Labute approximate surface area is 335 Å². The summed E-state index contributed by atoms with van der Waals surface area (Å²) in [4.78, 5) is 97.9. The molecule has 55 heavy (non-hydrogen) atoms. The number of nitrogens with one attached hydrogen (secondary N) is 4. The van der Waals surface area contributed by atoms with Crippen molar-refractivity contribution in [1.29, 1.82) is 0 Å². The minimum Gasteiger partial charge on any atom is -0.481 e. The van der Waals surface area contributed by atoms with Gasteiger partial charge in [0.2, 0.25) is 35.4 Å². The van der Waals surface area contributed by atoms with Crippen molar-refractivity contribution in [3.05, 3.63) is 0 Å². The molecule has 0 radical (unpaired) electrons. The molecule has 0 aromatic heterocycles. The number of hydrogen-bond acceptors (Lipinski definition) is 11. The van der Waals surface area contributed by atoms with Crippen LogP contribution in [0.2, 0.25) is 0 Å². The first-order valence-electron chi connectivity index (χ1n) is 19.0. The number of carbonyl (C=O) groups is 8. The average Bonchev–Trinajstić information content (AvgIpc) is 3.40. The van der Waals surface area contributed by atoms with E-state index < -0.39 is 35.8 Å². The molecule has 1 aliphatic heterocycles. The van der Waals surface area contributed by atoms with Gasteiger partial charge in [0.15, 0.2) is 0 Å². The molecule has 0 aromatic carbocycles. The molecule has 0 aromatic rings. The number of likely N-dealkylation sites (tertiary alicyclic amines) is 1. The molecule has 3 atom stereocenters. The molecule has 6 amide bonds. The molecule has 19 heteroatoms. The van der Waals surface area contributed by atoms with Gasteiger partial charge in [-0.2, -0.15) is 0 Å². The van der Waals surface area contributed by atoms with E-state index in [1.54, 1.807) is 6.92 Å². The van der Waals surface area contributed by atoms with Gasteiger partial charge in [0.25, 0.3) is 0 Å². The quantitative estimate of drug-likeness (QED) is 0.0263. The molecule has 1 saturated carbocycles. The molecule has 6 N–H and O–H groups in total. The summed E-state index contributed by atoms with van der Waals surface area (Å²) in [6.07, 6.45) is 3.49. The number of halogens is 1. The molecule has 2 fully saturated rings. The van der Waals surface area contributed by atoms with Gasteiger partial charge in [-0.3, -0.25) is 38.5 Å². The van der Waals surface area contributed by atoms with E-state index in [2.05, 4.69) is 43.9 Å². The van der Waals surface area contributed by atoms with Gasteiger partial charge in [-0.25, -0.2) is 4.79 Å². The summed E-state index contributed by atoms with van der Waals surface area (Å²) in [7, 11) is 0. The van der Waals surface area contributed by atoms with Gasteiger partial charge in [-0.1, -0.05) is 29.5 Å². The Hall–Kier alpha value is -3.43. The van der Waals surface area contributed by atoms with Gasteiger partial charge in [-0.15, -0.1) is 0 Å². The molecule has 0 bridgehead atoms. The maximum Gasteiger partial charge on any atom is 0.326 e. The molecule has 1 aliphatic carbocycles. The molecule has 1 saturated heterocycles. The maximum absolute atomic E-state index is 12.8. The minimum atomic E-state index is -1.27. The molecule has 2 aliphatic rings. The molecular formula is C36H58IN5O13. The number of aliphatic carboxylic acids is 2. The standard InChI is InChI=1S/C36H58IN5O13/c1-24-22-31(45)42(35(24)50)15-12-29(43)38-13-2-16-53-18-20-55-21-19-54-17-3-14-39-34(49)27(9-11-32(46)47)40-30(44)10-8-28(36(51)52)41-33(48)26-6-4-25(23-37)5-7-26/h24-28H,2-23H2,1H3,(H,38,43)(H,39,49)(H,40,44)(H,41,48)(H,46,47)(H,51,52). The Morgan fingerprint density at radius 1 is 0.764 bits per heavy atom. The predicted molar refractivity (Wildman–Crippen MR) is 205 cm³/mol. The fourth-order valence-corrected chi connectivity index (χ4v) is 6.92. The van der Waals surface area contributed by atoms with Crippen molar-refractivity contribution in [1.82, 2.24) is 26.2 Å². The van der Waals surface area contributed by atoms with Crippen molar-refractivity contribution in [3.8, 4) is 0 Å². The third-order valence-electron chi connectivity index (χ3n) is 9.34. The van der Waals surface area contributed by atoms with Crippen LogP contribution in [0.25, 0.3) is 0 Å². The molecule has 3 unspecified atom stereocenters. The first-order valence-corrected chi connectivity index (χ1v) is 20.6. The van der Waals surface area contributed by atoms with Crippen LogP contribution in [0.5, 0.6) is 0 Å². The van der Waals surface area contributed by atoms with Gasteiger partial charge in [0.1, 0.15) is 12.1 Å². The summed E-state index contributed by atoms with van der Waals surface area (Å²) in [5, 5.41) is 29.2. The highest BCUT2D eigenvalue weighted by molar-refractivity contribution is 14.1. The van der Waals surface area contributed by atoms with Crippen LogP contribution < -0.4 is 21.3 Å². The molecule has 312 valence electrons. The molecule has 2 rings (SSSR count). The van der Waals surface area contributed by atoms with E-state index in [0.29, 0.717) is 77.8 Å². The normalized spacial score (nSPS) is 19.4. The van der Waals surface area contributed by atoms with Crippen molar-refractivity contribution in [2.45, 2.75) is 96.1 Å². The van der Waals surface area contributed by atoms with Gasteiger partial charge in [-0.05, 0) is 57.3 Å². The number of imide groups is 1. The SMILES string of the molecule is CC1CC(=O)N(CCC(=O)NCCCOCCOCCOCCCNC(=O)C(CCC(=O)O)NC(=O)CCC(NC(=O)C2CCC(CI)CC2)C(=O)O)C1=O. The Kier molecular flexibility index (Phi) is 23.6. The third kappa shape index (κ3) is 19.8. The first-order chi connectivity index (χ1) is 26.3. The lowest BCUT2D eigenvalue weighted by Gasteiger charge is -2.27. The van der Waals surface area contributed by atoms with E-state index in [-0.39, 0.29) is 87.1 Å². The molecule has 1 heterocycles. The number of hydrogen-bond donors (Lipinski definition) is 6. The zero-order valence-electron chi connectivity index (χ0n) is 31.7. The fourth-order valence-electron chi connectivity index (χ4n) is 6.04. The minimum absolute atomic E-state index is 0.0633. The summed E-state index contributed by atoms with van der Waals surface area (Å²) in [6.45, 7) is 4.44. The number of rotatable bonds is 29. The Morgan fingerprint density at radius 3 is 1.89 bits per heavy atom. The number of amides is 6. The van der Waals surface area contributed by atoms with Crippen LogP contribution in [-0.2, 0) is 52.6 Å². The second-order valence-electron chi connectivity index (χ2n) is 13.8. The summed E-state index contributed by atoms with van der Waals surface area (Å²) < 4.78 is 17.4. The smallest absolute Gasteiger partial charge is 0.326 e. The number of carboxylic acids is 2. The van der Waals surface area contributed by atoms with Crippen molar-refractivity contribution in [3.63, 3.8) is 0 Å². The van der Waals surface area contributed by atoms with E-state index in [0.717, 1.165) is 22.2 Å². The zero-order chi connectivity index (χ0) is 40.6. The average molecular weight is 896 g/mol. The lowest BCUT2D eigenvalue weighted by molar-refractivity contribution is -0.143. The fraction of sp³-hybridized carbons (Fsp3) is 0.778. The highest BCUT2D eigenvalue weighted by atomic mass is 127. The topological polar surface area (TPSA) is 256 Å². The summed E-state index contributed by atoms with van der Waals surface area (Å²) in [5.74, 6) is -4.70. The Balaban J connectivity index is 1.52. The van der Waals surface area contributed by atoms with E-state index in [9.17, 15) is 43.5 Å². The van der Waals surface area contributed by atoms with Crippen LogP contribution in [0.3, 0.4) is 0 Å². The van der Waals surface area contributed by atoms with Crippen LogP contribution in [0.15, 0.2) is 0 Å². The zero-order valence-corrected chi connectivity index (χ0v) is 33.8. The van der Waals surface area contributed by atoms with E-state index in [1.807, 2.05) is 0 Å². The molecule has 18 nitrogen and oxygen atoms in total. The summed E-state index contributed by atoms with van der Waals surface area (Å²) >= 11 is 2.32. The monoisotopic (exact) mass is 895 g/mol. The van der Waals surface area contributed by atoms with Gasteiger partial charge in [0.05, 0.1) is 26.4 Å². The summed E-state index contributed by atoms with van der Waals surface area (Å²) in [5.41, 5.74) is 0. The van der Waals surface area contributed by atoms with Crippen LogP contribution in [-0.4, -0.2) is 138 Å². The number of carboxylic acid groups (broad SMARTS) is 2. The Bertz CT molecular complexity index is 1280. The van der Waals surface area contributed by atoms with Crippen LogP contribution in [0, 0.1) is 17.8 Å². The number of nitrogens with zero attached hydrogens (tertiary/aromatic N) is 1. The second kappa shape index (κ2) is 27.2. The highest BCUT2D eigenvalue weighted by Gasteiger charge is 2.35. The van der Waals surface area contributed by atoms with Crippen LogP contribution in [0.1, 0.15) is 84.0 Å². The lowest BCUT2D eigenvalue weighted by Crippen LogP contribution is -2.48. The summed E-state index contributed by atoms with van der Waals surface area (Å²) in [6, 6.07) is -2.41. The Morgan fingerprint density at radius 2 is 1.35 bits per heavy atom. The lowest BCUT2D eigenvalue weighted by atomic mass is 9.82. The van der Waals surface area contributed by atoms with Crippen LogP contribution >= 0.6 is 22.6 Å². The number of alkyl halides is 1. The van der Waals surface area contributed by atoms with E-state index >= 15 is 0 Å². The van der Waals surface area contributed by atoms with Gasteiger partial charge in [0, 0.05) is 74.8 Å². The van der Waals surface area contributed by atoms with Crippen LogP contribution in [0.4, 0.5) is 0 Å². The predicted octanol–water partition coefficient (Wildman–Crippen LogP) is 0.775. The number of ether oxygens (including phenoxy) is 3. The van der Waals surface area contributed by atoms with Gasteiger partial charge >= 0.3 is 11.9 Å². The number of carbonyl (C=O) groups excluding carboxylic acids is 6. The van der Waals surface area contributed by atoms with E-state index in [4.69, 9.17) is 19.3 Å².